The predicted molar refractivity (Wildman–Crippen MR) is 110 cm³/mol. The maximum Gasteiger partial charge on any atom is 0.251 e. The van der Waals surface area contributed by atoms with Gasteiger partial charge in [0, 0.05) is 42.2 Å². The molecule has 1 saturated heterocycles. The lowest BCUT2D eigenvalue weighted by Crippen LogP contribution is -2.41. The number of benzene rings is 2. The number of aromatic nitrogens is 2. The fraction of sp³-hybridized carbons (Fsp3) is 0.333. The molecule has 3 aromatic rings. The summed E-state index contributed by atoms with van der Waals surface area (Å²) in [5.74, 6) is -0.0607. The standard InChI is InChI=1S/C21H23ClN4O2/c22-19-5-1-16(2-6-19)15-26-20-13-17(3-4-18(20)14-24-26)21(27)23-7-8-25-9-11-28-12-10-25/h1-6,13-14H,7-12,15H2,(H,23,27). The molecule has 1 amide bonds. The van der Waals surface area contributed by atoms with Crippen molar-refractivity contribution in [1.29, 1.82) is 0 Å². The van der Waals surface area contributed by atoms with Gasteiger partial charge in [0.25, 0.3) is 5.91 Å². The quantitative estimate of drug-likeness (QED) is 0.693. The van der Waals surface area contributed by atoms with Crippen LogP contribution in [0.1, 0.15) is 15.9 Å². The Kier molecular flexibility index (Phi) is 5.90. The third kappa shape index (κ3) is 4.52. The summed E-state index contributed by atoms with van der Waals surface area (Å²) in [6.07, 6.45) is 1.82. The van der Waals surface area contributed by atoms with Gasteiger partial charge in [-0.1, -0.05) is 29.8 Å². The van der Waals surface area contributed by atoms with Crippen molar-refractivity contribution in [2.24, 2.45) is 0 Å². The summed E-state index contributed by atoms with van der Waals surface area (Å²) in [7, 11) is 0. The topological polar surface area (TPSA) is 59.4 Å². The molecular weight excluding hydrogens is 376 g/mol. The van der Waals surface area contributed by atoms with Crippen molar-refractivity contribution in [2.45, 2.75) is 6.54 Å². The minimum atomic E-state index is -0.0607. The molecule has 6 nitrogen and oxygen atoms in total. The molecule has 0 bridgehead atoms. The van der Waals surface area contributed by atoms with E-state index in [4.69, 9.17) is 16.3 Å². The van der Waals surface area contributed by atoms with Gasteiger partial charge in [-0.05, 0) is 29.8 Å². The number of morpholine rings is 1. The summed E-state index contributed by atoms with van der Waals surface area (Å²) >= 11 is 5.96. The van der Waals surface area contributed by atoms with Crippen molar-refractivity contribution in [2.75, 3.05) is 39.4 Å². The van der Waals surface area contributed by atoms with Crippen molar-refractivity contribution in [3.05, 3.63) is 64.8 Å². The van der Waals surface area contributed by atoms with Gasteiger partial charge in [0.05, 0.1) is 31.5 Å². The fourth-order valence-electron chi connectivity index (χ4n) is 3.35. The number of hydrogen-bond acceptors (Lipinski definition) is 4. The smallest absolute Gasteiger partial charge is 0.251 e. The number of nitrogens with zero attached hydrogens (tertiary/aromatic N) is 3. The Labute approximate surface area is 169 Å². The summed E-state index contributed by atoms with van der Waals surface area (Å²) in [6, 6.07) is 13.4. The SMILES string of the molecule is O=C(NCCN1CCOCC1)c1ccc2cnn(Cc3ccc(Cl)cc3)c2c1. The highest BCUT2D eigenvalue weighted by atomic mass is 35.5. The molecule has 146 valence electrons. The molecule has 1 fully saturated rings. The molecule has 7 heteroatoms. The van der Waals surface area contributed by atoms with Crippen molar-refractivity contribution in [1.82, 2.24) is 20.0 Å². The molecule has 0 unspecified atom stereocenters. The summed E-state index contributed by atoms with van der Waals surface area (Å²) < 4.78 is 7.25. The lowest BCUT2D eigenvalue weighted by atomic mass is 10.1. The Bertz CT molecular complexity index is 949. The van der Waals surface area contributed by atoms with Gasteiger partial charge in [0.15, 0.2) is 0 Å². The van der Waals surface area contributed by atoms with Crippen molar-refractivity contribution in [3.8, 4) is 0 Å². The number of hydrogen-bond donors (Lipinski definition) is 1. The largest absolute Gasteiger partial charge is 0.379 e. The van der Waals surface area contributed by atoms with Gasteiger partial charge in [0.1, 0.15) is 0 Å². The van der Waals surface area contributed by atoms with Crippen LogP contribution in [0.25, 0.3) is 10.9 Å². The van der Waals surface area contributed by atoms with Gasteiger partial charge >= 0.3 is 0 Å². The van der Waals surface area contributed by atoms with Crippen LogP contribution >= 0.6 is 11.6 Å². The van der Waals surface area contributed by atoms with Gasteiger partial charge in [-0.25, -0.2) is 0 Å². The Hall–Kier alpha value is -2.41. The van der Waals surface area contributed by atoms with E-state index in [1.165, 1.54) is 0 Å². The molecule has 0 atom stereocenters. The van der Waals surface area contributed by atoms with Crippen LogP contribution in [0, 0.1) is 0 Å². The molecule has 1 aromatic heterocycles. The average molecular weight is 399 g/mol. The Morgan fingerprint density at radius 2 is 1.93 bits per heavy atom. The average Bonchev–Trinajstić information content (AvgIpc) is 3.12. The number of carbonyl (C=O) groups excluding carboxylic acids is 1. The van der Waals surface area contributed by atoms with Crippen LogP contribution in [0.15, 0.2) is 48.7 Å². The van der Waals surface area contributed by atoms with E-state index in [9.17, 15) is 4.79 Å². The fourth-order valence-corrected chi connectivity index (χ4v) is 3.48. The summed E-state index contributed by atoms with van der Waals surface area (Å²) in [5, 5.41) is 9.21. The van der Waals surface area contributed by atoms with Crippen LogP contribution < -0.4 is 5.32 Å². The number of ether oxygens (including phenoxy) is 1. The first-order valence-electron chi connectivity index (χ1n) is 9.47. The van der Waals surface area contributed by atoms with Gasteiger partial charge in [0.2, 0.25) is 0 Å². The molecule has 1 aliphatic rings. The molecule has 1 N–H and O–H groups in total. The Balaban J connectivity index is 1.42. The van der Waals surface area contributed by atoms with Crippen molar-refractivity contribution >= 4 is 28.4 Å². The number of halogens is 1. The van der Waals surface area contributed by atoms with Gasteiger partial charge in [-0.2, -0.15) is 5.10 Å². The van der Waals surface area contributed by atoms with Crippen LogP contribution in [0.3, 0.4) is 0 Å². The van der Waals surface area contributed by atoms with Crippen LogP contribution in [-0.4, -0.2) is 60.0 Å². The van der Waals surface area contributed by atoms with Crippen LogP contribution in [0.4, 0.5) is 0 Å². The van der Waals surface area contributed by atoms with Crippen LogP contribution in [0.2, 0.25) is 5.02 Å². The maximum absolute atomic E-state index is 12.6. The van der Waals surface area contributed by atoms with E-state index >= 15 is 0 Å². The molecule has 28 heavy (non-hydrogen) atoms. The van der Waals surface area contributed by atoms with E-state index in [2.05, 4.69) is 15.3 Å². The Morgan fingerprint density at radius 3 is 2.71 bits per heavy atom. The number of carbonyl (C=O) groups is 1. The first-order chi connectivity index (χ1) is 13.7. The lowest BCUT2D eigenvalue weighted by molar-refractivity contribution is 0.0383. The lowest BCUT2D eigenvalue weighted by Gasteiger charge is -2.26. The summed E-state index contributed by atoms with van der Waals surface area (Å²) in [5.41, 5.74) is 2.69. The molecule has 2 heterocycles. The number of nitrogens with one attached hydrogen (secondary N) is 1. The molecule has 1 aliphatic heterocycles. The normalized spacial score (nSPS) is 15.0. The molecule has 0 aliphatic carbocycles. The first kappa shape index (κ1) is 18.9. The molecule has 0 spiro atoms. The first-order valence-corrected chi connectivity index (χ1v) is 9.85. The summed E-state index contributed by atoms with van der Waals surface area (Å²) in [6.45, 7) is 5.47. The second-order valence-electron chi connectivity index (χ2n) is 6.91. The molecule has 2 aromatic carbocycles. The van der Waals surface area contributed by atoms with Gasteiger partial charge in [-0.15, -0.1) is 0 Å². The number of fused-ring (bicyclic) bond motifs is 1. The summed E-state index contributed by atoms with van der Waals surface area (Å²) in [4.78, 5) is 14.9. The predicted octanol–water partition coefficient (Wildman–Crippen LogP) is 2.80. The van der Waals surface area contributed by atoms with E-state index in [1.807, 2.05) is 53.3 Å². The number of amides is 1. The third-order valence-electron chi connectivity index (χ3n) is 4.97. The monoisotopic (exact) mass is 398 g/mol. The number of rotatable bonds is 6. The minimum absolute atomic E-state index is 0.0607. The van der Waals surface area contributed by atoms with Crippen LogP contribution in [0.5, 0.6) is 0 Å². The zero-order valence-corrected chi connectivity index (χ0v) is 16.4. The van der Waals surface area contributed by atoms with E-state index in [-0.39, 0.29) is 5.91 Å². The van der Waals surface area contributed by atoms with E-state index in [0.29, 0.717) is 23.7 Å². The van der Waals surface area contributed by atoms with Gasteiger partial charge in [-0.3, -0.25) is 14.4 Å². The molecule has 0 radical (unpaired) electrons. The van der Waals surface area contributed by atoms with E-state index < -0.39 is 0 Å². The second-order valence-corrected chi connectivity index (χ2v) is 7.35. The van der Waals surface area contributed by atoms with Crippen molar-refractivity contribution in [3.63, 3.8) is 0 Å². The highest BCUT2D eigenvalue weighted by Gasteiger charge is 2.12. The molecule has 4 rings (SSSR count). The van der Waals surface area contributed by atoms with Crippen molar-refractivity contribution < 1.29 is 9.53 Å². The van der Waals surface area contributed by atoms with E-state index in [0.717, 1.165) is 49.3 Å². The second kappa shape index (κ2) is 8.73. The maximum atomic E-state index is 12.6. The zero-order valence-electron chi connectivity index (χ0n) is 15.6. The molecule has 0 saturated carbocycles. The zero-order chi connectivity index (χ0) is 19.3. The van der Waals surface area contributed by atoms with Crippen LogP contribution in [-0.2, 0) is 11.3 Å². The minimum Gasteiger partial charge on any atom is -0.379 e. The van der Waals surface area contributed by atoms with Gasteiger partial charge < -0.3 is 10.1 Å². The van der Waals surface area contributed by atoms with E-state index in [1.54, 1.807) is 0 Å². The molecular formula is C21H23ClN4O2. The highest BCUT2D eigenvalue weighted by molar-refractivity contribution is 6.30. The Morgan fingerprint density at radius 1 is 1.14 bits per heavy atom. The highest BCUT2D eigenvalue weighted by Crippen LogP contribution is 2.18. The third-order valence-corrected chi connectivity index (χ3v) is 5.22.